The van der Waals surface area contributed by atoms with Gasteiger partial charge in [0.2, 0.25) is 0 Å². The van der Waals surface area contributed by atoms with Crippen LogP contribution in [0.4, 0.5) is 0 Å². The third-order valence-corrected chi connectivity index (χ3v) is 30.6. The van der Waals surface area contributed by atoms with Crippen LogP contribution in [0.15, 0.2) is 156 Å². The van der Waals surface area contributed by atoms with Gasteiger partial charge in [0.1, 0.15) is 6.33 Å². The van der Waals surface area contributed by atoms with Crippen molar-refractivity contribution in [2.45, 2.75) is 460 Å². The number of aromatic nitrogens is 7. The van der Waals surface area contributed by atoms with Gasteiger partial charge in [-0.25, -0.2) is 9.97 Å². The molecule has 0 amide bonds. The van der Waals surface area contributed by atoms with E-state index in [9.17, 15) is 0 Å². The molecule has 4 unspecified atom stereocenters. The monoisotopic (exact) mass is 2030 g/mol. The second-order valence-electron chi connectivity index (χ2n) is 49.2. The number of ether oxygens (including phenoxy) is 5. The Morgan fingerprint density at radius 3 is 1.23 bits per heavy atom. The van der Waals surface area contributed by atoms with Crippen molar-refractivity contribution in [2.24, 2.45) is 119 Å². The number of pyridine rings is 2. The van der Waals surface area contributed by atoms with E-state index >= 15 is 0 Å². The first-order valence-electron chi connectivity index (χ1n) is 59.3. The third-order valence-electron chi connectivity index (χ3n) is 30.6. The Labute approximate surface area is 906 Å². The van der Waals surface area contributed by atoms with E-state index in [4.69, 9.17) is 23.7 Å². The molecule has 4 aromatic heterocycles. The summed E-state index contributed by atoms with van der Waals surface area (Å²) < 4.78 is 28.3. The molecule has 14 nitrogen and oxygen atoms in total. The molecule has 4 atom stereocenters. The molecule has 1 N–H and O–H groups in total. The lowest BCUT2D eigenvalue weighted by atomic mass is 9.80. The molecule has 146 heavy (non-hydrogen) atoms. The standard InChI is InChI=1S/3C10H18.C9H19N.C8H15N.2C8H11N.C8H16O.C8H14O.C8H16O.C8H14O.C8H16.C8H14.C7H10N2.C7H14O.C6H11N3.CH4/c1-8(2)9-6-5-7-10(9,3)4;1-8(2)10-6-4-9(3)5-7-10;1-8(2)10-6-4-5-9(3)7-10;1-8(2)9-4-6-10(3)7-5-9;2*1-7(2)8-3-5-9-6-4-8;1-7(2)8-4-3-5-9-6-8;2*1-7(2)8-3-5-9-6-4-8;2*1-7(2)8-5-3-4-6-9-8;2*1-7(2)8-5-3-4-6-8;1-6(2)7-3-8-5-9-4-7;1-6(2)7-3-4-8-5-7;1-5(2)6-4-9(3)8-7-6;/h6,8H,5,7H2,1-4H3;2*6,8-9H,4-5,7H2,1-3H3;8-9H,4-7H2,1-3H3;3,7,9H,4-6H2,1-2H3;2*3-7H,1-2H3;7-8H,3-6H2,1-2H3;3,7H,4-6H2,1-2H3;7-8H,3-6H2,1-2H3;5,7H,3-4,6H2,1-2H3;7-8H,3-6H2,1-2H3;5,7H,3-4,6H2,1-2H3;3-6H,1-2H3;6-7H,3-5H2,1-2H3;4-5H,1-3H3;1H4. The van der Waals surface area contributed by atoms with Crippen LogP contribution in [0.3, 0.4) is 0 Å². The molecule has 5 aliphatic carbocycles. The van der Waals surface area contributed by atoms with Gasteiger partial charge in [-0.1, -0.05) is 364 Å². The van der Waals surface area contributed by atoms with Crippen LogP contribution in [-0.2, 0) is 30.7 Å². The molecule has 4 saturated heterocycles. The predicted octanol–water partition coefficient (Wildman–Crippen LogP) is 37.2. The summed E-state index contributed by atoms with van der Waals surface area (Å²) in [5, 5.41) is 11.0. The van der Waals surface area contributed by atoms with Crippen molar-refractivity contribution >= 4 is 0 Å². The first kappa shape index (κ1) is 140. The van der Waals surface area contributed by atoms with E-state index in [1.165, 1.54) is 209 Å². The van der Waals surface area contributed by atoms with Crippen molar-refractivity contribution < 1.29 is 23.7 Å². The molecule has 14 heteroatoms. The molecule has 0 radical (unpaired) electrons. The molecule has 0 spiro atoms. The predicted molar refractivity (Wildman–Crippen MR) is 638 cm³/mol. The number of likely N-dealkylation sites (tertiary alicyclic amines) is 1. The summed E-state index contributed by atoms with van der Waals surface area (Å²) in [5.74, 6) is 18.5. The molecule has 5 fully saturated rings. The van der Waals surface area contributed by atoms with Crippen LogP contribution in [0.2, 0.25) is 0 Å². The smallest absolute Gasteiger partial charge is 0.115 e. The lowest BCUT2D eigenvalue weighted by molar-refractivity contribution is -0.0115. The Morgan fingerprint density at radius 1 is 0.384 bits per heavy atom. The van der Waals surface area contributed by atoms with Crippen LogP contribution < -0.4 is 5.32 Å². The van der Waals surface area contributed by atoms with Crippen molar-refractivity contribution in [1.82, 2.24) is 45.1 Å². The normalized spacial score (nSPS) is 20.3. The third kappa shape index (κ3) is 68.3. The second-order valence-corrected chi connectivity index (χ2v) is 49.2. The summed E-state index contributed by atoms with van der Waals surface area (Å²) in [6.45, 7) is 93.6. The minimum atomic E-state index is 0. The fraction of sp³-hybridized carbons (Fsp3) is 0.773. The van der Waals surface area contributed by atoms with Gasteiger partial charge in [0.05, 0.1) is 37.4 Å². The summed E-state index contributed by atoms with van der Waals surface area (Å²) in [6, 6.07) is 8.16. The second kappa shape index (κ2) is 83.8. The van der Waals surface area contributed by atoms with E-state index in [2.05, 4.69) is 345 Å². The average Bonchev–Trinajstić information content (AvgIpc) is 1.69. The molecule has 4 aromatic rings. The number of rotatable bonds is 16. The van der Waals surface area contributed by atoms with Crippen LogP contribution >= 0.6 is 0 Å². The van der Waals surface area contributed by atoms with Crippen molar-refractivity contribution in [1.29, 1.82) is 0 Å². The van der Waals surface area contributed by atoms with E-state index in [-0.39, 0.29) is 7.43 Å². The molecule has 1 saturated carbocycles. The minimum Gasteiger partial charge on any atom is -0.498 e. The van der Waals surface area contributed by atoms with Gasteiger partial charge in [0.25, 0.3) is 0 Å². The highest BCUT2D eigenvalue weighted by Gasteiger charge is 2.29. The number of aryl methyl sites for hydroxylation is 1. The number of piperidine rings is 1. The van der Waals surface area contributed by atoms with E-state index in [0.717, 1.165) is 160 Å². The molecule has 0 aromatic carbocycles. The Morgan fingerprint density at radius 2 is 0.911 bits per heavy atom. The van der Waals surface area contributed by atoms with Crippen LogP contribution in [0.1, 0.15) is 476 Å². The maximum absolute atomic E-state index is 5.54. The SMILES string of the molecule is C.CC(C)C1=CCCC1.CC(C)C1=CCCC1(C)C.CC(C)C1=CCCCO1.CC(C)C1=CCNCC1.CC(C)C1=CCOCC1.CC(C)C1CCCC1.CC(C)C1CCCCO1.CC(C)C1CCN(C)CC1.CC(C)C1CCOC1.CC(C)C1CCOCC1.CC(C)c1cccnc1.CC(C)c1ccncc1.CC(C)c1cn(C)nn1.CC(C)c1cncnc1.CC1CC=C(C(C)C)CC1.CC1CCC=C(C(C)C)C1. The van der Waals surface area contributed by atoms with Crippen molar-refractivity contribution in [3.05, 3.63) is 178 Å². The van der Waals surface area contributed by atoms with Gasteiger partial charge in [-0.2, -0.15) is 0 Å². The van der Waals surface area contributed by atoms with Gasteiger partial charge in [-0.3, -0.25) is 14.6 Å². The first-order chi connectivity index (χ1) is 68.7. The lowest BCUT2D eigenvalue weighted by Gasteiger charge is -2.31. The summed E-state index contributed by atoms with van der Waals surface area (Å²) in [4.78, 5) is 18.2. The summed E-state index contributed by atoms with van der Waals surface area (Å²) in [6.07, 6.45) is 67.7. The molecule has 12 aliphatic rings. The van der Waals surface area contributed by atoms with Gasteiger partial charge in [-0.15, -0.1) is 5.10 Å². The van der Waals surface area contributed by atoms with Crippen LogP contribution in [-0.4, -0.2) is 132 Å². The lowest BCUT2D eigenvalue weighted by Crippen LogP contribution is -2.32. The number of hydrogen-bond acceptors (Lipinski definition) is 13. The Balaban J connectivity index is 0.00000154. The van der Waals surface area contributed by atoms with E-state index in [1.54, 1.807) is 50.6 Å². The molecule has 842 valence electrons. The average molecular weight is 2030 g/mol. The first-order valence-corrected chi connectivity index (χ1v) is 59.3. The topological polar surface area (TPSA) is 144 Å². The van der Waals surface area contributed by atoms with Gasteiger partial charge in [0.15, 0.2) is 0 Å². The van der Waals surface area contributed by atoms with E-state index < -0.39 is 0 Å². The Hall–Kier alpha value is -5.74. The highest BCUT2D eigenvalue weighted by molar-refractivity contribution is 5.20. The minimum absolute atomic E-state index is 0. The zero-order valence-electron chi connectivity index (χ0n) is 102. The maximum atomic E-state index is 5.54. The highest BCUT2D eigenvalue weighted by Crippen LogP contribution is 2.42. The van der Waals surface area contributed by atoms with E-state index in [0.29, 0.717) is 52.9 Å². The van der Waals surface area contributed by atoms with Crippen molar-refractivity contribution in [3.8, 4) is 0 Å². The fourth-order valence-electron chi connectivity index (χ4n) is 19.4. The van der Waals surface area contributed by atoms with Gasteiger partial charge < -0.3 is 33.9 Å². The number of hydrogen-bond donors (Lipinski definition) is 1. The fourth-order valence-corrected chi connectivity index (χ4v) is 19.4. The molecule has 7 aliphatic heterocycles. The molecular weight excluding hydrogens is 1790 g/mol. The molecular formula is C132H239N9O5. The Bertz CT molecular complexity index is 3720. The van der Waals surface area contributed by atoms with Gasteiger partial charge >= 0.3 is 0 Å². The van der Waals surface area contributed by atoms with Crippen LogP contribution in [0.25, 0.3) is 0 Å². The van der Waals surface area contributed by atoms with Gasteiger partial charge in [0, 0.05) is 95.9 Å². The Kier molecular flexibility index (Phi) is 80.5. The largest absolute Gasteiger partial charge is 0.498 e. The highest BCUT2D eigenvalue weighted by atomic mass is 16.5. The summed E-state index contributed by atoms with van der Waals surface area (Å²) >= 11 is 0. The van der Waals surface area contributed by atoms with Gasteiger partial charge in [-0.05, 0) is 345 Å². The van der Waals surface area contributed by atoms with Crippen LogP contribution in [0, 0.1) is 112 Å². The van der Waals surface area contributed by atoms with E-state index in [1.807, 2.05) is 62.4 Å². The number of nitrogens with one attached hydrogen (secondary N) is 1. The number of nitrogens with zero attached hydrogens (tertiary/aromatic N) is 8. The maximum Gasteiger partial charge on any atom is 0.115 e. The quantitative estimate of drug-likeness (QED) is 0.106. The summed E-state index contributed by atoms with van der Waals surface area (Å²) in [7, 11) is 4.09. The molecule has 0 bridgehead atoms. The molecule has 16 rings (SSSR count). The summed E-state index contributed by atoms with van der Waals surface area (Å²) in [5.41, 5.74) is 15.3. The number of allylic oxidation sites excluding steroid dienone is 10. The van der Waals surface area contributed by atoms with Crippen molar-refractivity contribution in [2.75, 3.05) is 86.1 Å². The van der Waals surface area contributed by atoms with Crippen molar-refractivity contribution in [3.63, 3.8) is 0 Å². The molecule has 11 heterocycles. The van der Waals surface area contributed by atoms with Crippen LogP contribution in [0.5, 0.6) is 0 Å². The zero-order chi connectivity index (χ0) is 109. The zero-order valence-corrected chi connectivity index (χ0v) is 102.